The predicted octanol–water partition coefficient (Wildman–Crippen LogP) is 1.81. The number of thioether (sulfide) groups is 1. The van der Waals surface area contributed by atoms with Crippen LogP contribution in [0.15, 0.2) is 47.0 Å². The van der Waals surface area contributed by atoms with Crippen LogP contribution in [0.2, 0.25) is 0 Å². The SMILES string of the molecule is Cn1ccnc1SCc1ccccc1/C(N)=N/O. The smallest absolute Gasteiger partial charge is 0.170 e. The summed E-state index contributed by atoms with van der Waals surface area (Å²) in [6, 6.07) is 7.59. The van der Waals surface area contributed by atoms with Gasteiger partial charge in [0.15, 0.2) is 11.0 Å². The average molecular weight is 262 g/mol. The number of nitrogens with zero attached hydrogens (tertiary/aromatic N) is 3. The molecule has 0 aliphatic heterocycles. The van der Waals surface area contributed by atoms with Crippen molar-refractivity contribution < 1.29 is 5.21 Å². The number of hydrogen-bond donors (Lipinski definition) is 2. The van der Waals surface area contributed by atoms with Gasteiger partial charge in [0.05, 0.1) is 0 Å². The van der Waals surface area contributed by atoms with Gasteiger partial charge in [-0.2, -0.15) is 0 Å². The largest absolute Gasteiger partial charge is 0.409 e. The monoisotopic (exact) mass is 262 g/mol. The Labute approximate surface area is 109 Å². The van der Waals surface area contributed by atoms with E-state index in [9.17, 15) is 0 Å². The topological polar surface area (TPSA) is 76.4 Å². The Morgan fingerprint density at radius 1 is 1.50 bits per heavy atom. The second-order valence-corrected chi connectivity index (χ2v) is 4.69. The van der Waals surface area contributed by atoms with Crippen molar-refractivity contribution in [1.82, 2.24) is 9.55 Å². The standard InChI is InChI=1S/C12H14N4OS/c1-16-7-6-14-12(16)18-8-9-4-2-3-5-10(9)11(13)15-17/h2-7,17H,8H2,1H3,(H2,13,15). The maximum absolute atomic E-state index is 8.75. The lowest BCUT2D eigenvalue weighted by atomic mass is 10.1. The average Bonchev–Trinajstić information content (AvgIpc) is 2.81. The van der Waals surface area contributed by atoms with Gasteiger partial charge in [0.2, 0.25) is 0 Å². The van der Waals surface area contributed by atoms with Crippen molar-refractivity contribution in [1.29, 1.82) is 0 Å². The first kappa shape index (κ1) is 12.5. The molecule has 18 heavy (non-hydrogen) atoms. The Morgan fingerprint density at radius 2 is 2.28 bits per heavy atom. The van der Waals surface area contributed by atoms with Crippen LogP contribution in [0.1, 0.15) is 11.1 Å². The number of aromatic nitrogens is 2. The lowest BCUT2D eigenvalue weighted by Gasteiger charge is -2.07. The van der Waals surface area contributed by atoms with E-state index in [0.717, 1.165) is 22.0 Å². The number of amidine groups is 1. The number of hydrogen-bond acceptors (Lipinski definition) is 4. The summed E-state index contributed by atoms with van der Waals surface area (Å²) in [5, 5.41) is 12.7. The molecule has 2 aromatic rings. The van der Waals surface area contributed by atoms with Crippen LogP contribution in [0.4, 0.5) is 0 Å². The highest BCUT2D eigenvalue weighted by atomic mass is 32.2. The molecular weight excluding hydrogens is 248 g/mol. The van der Waals surface area contributed by atoms with E-state index in [-0.39, 0.29) is 5.84 Å². The third kappa shape index (κ3) is 2.65. The van der Waals surface area contributed by atoms with E-state index in [4.69, 9.17) is 10.9 Å². The van der Waals surface area contributed by atoms with Crippen molar-refractivity contribution in [2.45, 2.75) is 10.9 Å². The first-order valence-electron chi connectivity index (χ1n) is 5.38. The van der Waals surface area contributed by atoms with Gasteiger partial charge in [-0.05, 0) is 5.56 Å². The molecule has 0 unspecified atom stereocenters. The third-order valence-corrected chi connectivity index (χ3v) is 3.64. The van der Waals surface area contributed by atoms with Crippen LogP contribution < -0.4 is 5.73 Å². The number of rotatable bonds is 4. The molecule has 0 aliphatic carbocycles. The van der Waals surface area contributed by atoms with E-state index in [1.807, 2.05) is 42.1 Å². The number of imidazole rings is 1. The molecule has 0 saturated heterocycles. The molecule has 0 atom stereocenters. The zero-order valence-corrected chi connectivity index (χ0v) is 10.8. The molecule has 0 aliphatic rings. The minimum absolute atomic E-state index is 0.131. The van der Waals surface area contributed by atoms with E-state index < -0.39 is 0 Å². The minimum atomic E-state index is 0.131. The Hall–Kier alpha value is -1.95. The highest BCUT2D eigenvalue weighted by Crippen LogP contribution is 2.22. The van der Waals surface area contributed by atoms with Gasteiger partial charge in [-0.25, -0.2) is 4.98 Å². The fourth-order valence-corrected chi connectivity index (χ4v) is 2.52. The van der Waals surface area contributed by atoms with Crippen molar-refractivity contribution in [3.8, 4) is 0 Å². The number of nitrogens with two attached hydrogens (primary N) is 1. The first-order chi connectivity index (χ1) is 8.72. The third-order valence-electron chi connectivity index (χ3n) is 2.53. The van der Waals surface area contributed by atoms with E-state index >= 15 is 0 Å². The maximum Gasteiger partial charge on any atom is 0.170 e. The molecule has 0 amide bonds. The highest BCUT2D eigenvalue weighted by Gasteiger charge is 2.08. The molecule has 0 spiro atoms. The molecule has 6 heteroatoms. The second-order valence-electron chi connectivity index (χ2n) is 3.75. The second kappa shape index (κ2) is 5.59. The summed E-state index contributed by atoms with van der Waals surface area (Å²) in [6.45, 7) is 0. The van der Waals surface area contributed by atoms with Gasteiger partial charge in [0.1, 0.15) is 0 Å². The van der Waals surface area contributed by atoms with Gasteiger partial charge in [-0.3, -0.25) is 0 Å². The summed E-state index contributed by atoms with van der Waals surface area (Å²) in [6.07, 6.45) is 3.66. The van der Waals surface area contributed by atoms with Crippen LogP contribution in [-0.2, 0) is 12.8 Å². The van der Waals surface area contributed by atoms with E-state index in [1.165, 1.54) is 0 Å². The van der Waals surface area contributed by atoms with Gasteiger partial charge in [-0.15, -0.1) is 0 Å². The van der Waals surface area contributed by atoms with Crippen molar-refractivity contribution >= 4 is 17.6 Å². The van der Waals surface area contributed by atoms with Crippen LogP contribution in [0, 0.1) is 0 Å². The zero-order valence-electron chi connectivity index (χ0n) is 9.95. The molecule has 0 fully saturated rings. The number of aryl methyl sites for hydroxylation is 1. The molecule has 5 nitrogen and oxygen atoms in total. The van der Waals surface area contributed by atoms with Crippen molar-refractivity contribution in [3.05, 3.63) is 47.8 Å². The van der Waals surface area contributed by atoms with Gasteiger partial charge < -0.3 is 15.5 Å². The molecular formula is C12H14N4OS. The van der Waals surface area contributed by atoms with Gasteiger partial charge >= 0.3 is 0 Å². The molecule has 1 aromatic heterocycles. The van der Waals surface area contributed by atoms with E-state index in [0.29, 0.717) is 0 Å². The minimum Gasteiger partial charge on any atom is -0.409 e. The molecule has 94 valence electrons. The van der Waals surface area contributed by atoms with Crippen molar-refractivity contribution in [2.24, 2.45) is 17.9 Å². The summed E-state index contributed by atoms with van der Waals surface area (Å²) in [7, 11) is 1.95. The summed E-state index contributed by atoms with van der Waals surface area (Å²) < 4.78 is 1.96. The van der Waals surface area contributed by atoms with Crippen LogP contribution in [0.5, 0.6) is 0 Å². The Kier molecular flexibility index (Phi) is 3.88. The fraction of sp³-hybridized carbons (Fsp3) is 0.167. The molecule has 0 radical (unpaired) electrons. The highest BCUT2D eigenvalue weighted by molar-refractivity contribution is 7.98. The number of benzene rings is 1. The van der Waals surface area contributed by atoms with Gasteiger partial charge in [0.25, 0.3) is 0 Å². The summed E-state index contributed by atoms with van der Waals surface area (Å²) >= 11 is 1.61. The lowest BCUT2D eigenvalue weighted by molar-refractivity contribution is 0.318. The summed E-state index contributed by atoms with van der Waals surface area (Å²) in [5.41, 5.74) is 7.41. The molecule has 1 aromatic carbocycles. The van der Waals surface area contributed by atoms with Crippen LogP contribution >= 0.6 is 11.8 Å². The molecule has 2 rings (SSSR count). The van der Waals surface area contributed by atoms with Crippen LogP contribution in [-0.4, -0.2) is 20.6 Å². The fourth-order valence-electron chi connectivity index (χ4n) is 1.58. The van der Waals surface area contributed by atoms with Crippen molar-refractivity contribution in [3.63, 3.8) is 0 Å². The summed E-state index contributed by atoms with van der Waals surface area (Å²) in [4.78, 5) is 4.24. The first-order valence-corrected chi connectivity index (χ1v) is 6.37. The van der Waals surface area contributed by atoms with Crippen LogP contribution in [0.25, 0.3) is 0 Å². The van der Waals surface area contributed by atoms with Gasteiger partial charge in [-0.1, -0.05) is 41.2 Å². The normalized spacial score (nSPS) is 11.7. The number of oxime groups is 1. The van der Waals surface area contributed by atoms with Crippen LogP contribution in [0.3, 0.4) is 0 Å². The van der Waals surface area contributed by atoms with Crippen molar-refractivity contribution in [2.75, 3.05) is 0 Å². The zero-order chi connectivity index (χ0) is 13.0. The van der Waals surface area contributed by atoms with E-state index in [2.05, 4.69) is 10.1 Å². The molecule has 0 bridgehead atoms. The molecule has 3 N–H and O–H groups in total. The summed E-state index contributed by atoms with van der Waals surface area (Å²) in [5.74, 6) is 0.850. The predicted molar refractivity (Wildman–Crippen MR) is 71.7 cm³/mol. The van der Waals surface area contributed by atoms with Gasteiger partial charge in [0, 0.05) is 30.8 Å². The quantitative estimate of drug-likeness (QED) is 0.290. The van der Waals surface area contributed by atoms with E-state index in [1.54, 1.807) is 18.0 Å². The molecule has 0 saturated carbocycles. The Bertz CT molecular complexity index is 565. The lowest BCUT2D eigenvalue weighted by Crippen LogP contribution is -2.15. The maximum atomic E-state index is 8.75. The Morgan fingerprint density at radius 3 is 2.94 bits per heavy atom. The molecule has 1 heterocycles. The Balaban J connectivity index is 2.17.